The van der Waals surface area contributed by atoms with Gasteiger partial charge in [0.05, 0.1) is 5.92 Å². The van der Waals surface area contributed by atoms with Gasteiger partial charge >= 0.3 is 0 Å². The first-order chi connectivity index (χ1) is 7.88. The smallest absolute Gasteiger partial charge is 0.224 e. The second-order valence-electron chi connectivity index (χ2n) is 3.93. The Labute approximate surface area is 98.4 Å². The number of hydrogen-bond donors (Lipinski definition) is 0. The Morgan fingerprint density at radius 2 is 2.19 bits per heavy atom. The molecule has 0 aliphatic heterocycles. The van der Waals surface area contributed by atoms with Crippen molar-refractivity contribution in [3.05, 3.63) is 47.2 Å². The molecule has 1 aliphatic carbocycles. The van der Waals surface area contributed by atoms with Crippen molar-refractivity contribution in [1.82, 2.24) is 10.2 Å². The zero-order chi connectivity index (χ0) is 11.0. The van der Waals surface area contributed by atoms with Crippen LogP contribution in [-0.2, 0) is 12.8 Å². The van der Waals surface area contributed by atoms with Crippen molar-refractivity contribution >= 4 is 11.6 Å². The summed E-state index contributed by atoms with van der Waals surface area (Å²) < 4.78 is 5.58. The van der Waals surface area contributed by atoms with E-state index in [2.05, 4.69) is 28.4 Å². The summed E-state index contributed by atoms with van der Waals surface area (Å²) in [6, 6.07) is 8.36. The molecule has 1 heterocycles. The van der Waals surface area contributed by atoms with E-state index >= 15 is 0 Å². The highest BCUT2D eigenvalue weighted by molar-refractivity contribution is 6.17. The average molecular weight is 235 g/mol. The molecule has 0 saturated heterocycles. The molecule has 1 aliphatic rings. The average Bonchev–Trinajstić information content (AvgIpc) is 2.69. The minimum Gasteiger partial charge on any atom is -0.425 e. The number of hydrogen-bond acceptors (Lipinski definition) is 3. The Morgan fingerprint density at radius 1 is 1.31 bits per heavy atom. The highest BCUT2D eigenvalue weighted by Crippen LogP contribution is 2.39. The molecule has 3 rings (SSSR count). The molecular weight excluding hydrogens is 224 g/mol. The third-order valence-corrected chi connectivity index (χ3v) is 3.13. The van der Waals surface area contributed by atoms with Crippen molar-refractivity contribution in [2.75, 3.05) is 5.88 Å². The maximum Gasteiger partial charge on any atom is 0.224 e. The predicted molar refractivity (Wildman–Crippen MR) is 60.7 cm³/mol. The highest BCUT2D eigenvalue weighted by atomic mass is 35.5. The van der Waals surface area contributed by atoms with E-state index in [1.54, 1.807) is 0 Å². The van der Waals surface area contributed by atoms with Gasteiger partial charge in [-0.15, -0.1) is 21.8 Å². The molecule has 2 aromatic rings. The molecule has 16 heavy (non-hydrogen) atoms. The number of nitrogens with zero attached hydrogens (tertiary/aromatic N) is 2. The molecule has 0 N–H and O–H groups in total. The molecule has 3 nitrogen and oxygen atoms in total. The highest BCUT2D eigenvalue weighted by Gasteiger charge is 2.31. The van der Waals surface area contributed by atoms with Crippen molar-refractivity contribution < 1.29 is 4.42 Å². The quantitative estimate of drug-likeness (QED) is 0.767. The lowest BCUT2D eigenvalue weighted by molar-refractivity contribution is 0.422. The Morgan fingerprint density at radius 3 is 3.00 bits per heavy atom. The third kappa shape index (κ3) is 1.52. The van der Waals surface area contributed by atoms with Crippen LogP contribution in [0.4, 0.5) is 0 Å². The van der Waals surface area contributed by atoms with Crippen molar-refractivity contribution in [3.63, 3.8) is 0 Å². The molecule has 0 spiro atoms. The lowest BCUT2D eigenvalue weighted by Gasteiger charge is -2.26. The van der Waals surface area contributed by atoms with E-state index in [4.69, 9.17) is 16.0 Å². The van der Waals surface area contributed by atoms with Crippen LogP contribution in [0.3, 0.4) is 0 Å². The van der Waals surface area contributed by atoms with E-state index in [1.807, 2.05) is 6.07 Å². The van der Waals surface area contributed by atoms with Crippen LogP contribution < -0.4 is 0 Å². The van der Waals surface area contributed by atoms with Crippen molar-refractivity contribution in [2.45, 2.75) is 18.8 Å². The lowest BCUT2D eigenvalue weighted by atomic mass is 9.77. The first-order valence-corrected chi connectivity index (χ1v) is 5.88. The van der Waals surface area contributed by atoms with Gasteiger partial charge in [-0.05, 0) is 17.5 Å². The standard InChI is InChI=1S/C12H11ClN2O/c13-6-5-11-14-15-12(16-11)10-7-8-3-1-2-4-9(8)10/h1-4,10H,5-7H2. The first kappa shape index (κ1) is 9.85. The van der Waals surface area contributed by atoms with Crippen LogP contribution >= 0.6 is 11.6 Å². The van der Waals surface area contributed by atoms with E-state index in [9.17, 15) is 0 Å². The van der Waals surface area contributed by atoms with Gasteiger partial charge < -0.3 is 4.42 Å². The summed E-state index contributed by atoms with van der Waals surface area (Å²) in [5.74, 6) is 2.16. The minimum atomic E-state index is 0.285. The number of halogens is 1. The number of fused-ring (bicyclic) bond motifs is 1. The largest absolute Gasteiger partial charge is 0.425 e. The van der Waals surface area contributed by atoms with Crippen molar-refractivity contribution in [2.24, 2.45) is 0 Å². The maximum absolute atomic E-state index is 5.63. The Balaban J connectivity index is 1.85. The van der Waals surface area contributed by atoms with Crippen LogP contribution in [0.15, 0.2) is 28.7 Å². The predicted octanol–water partition coefficient (Wildman–Crippen LogP) is 2.54. The number of alkyl halides is 1. The van der Waals surface area contributed by atoms with Gasteiger partial charge in [0.2, 0.25) is 11.8 Å². The zero-order valence-electron chi connectivity index (χ0n) is 8.69. The molecule has 0 fully saturated rings. The normalized spacial score (nSPS) is 17.9. The molecule has 1 aromatic carbocycles. The van der Waals surface area contributed by atoms with Crippen molar-refractivity contribution in [3.8, 4) is 0 Å². The first-order valence-electron chi connectivity index (χ1n) is 5.34. The summed E-state index contributed by atoms with van der Waals surface area (Å²) in [6.45, 7) is 0. The summed E-state index contributed by atoms with van der Waals surface area (Å²) in [4.78, 5) is 0. The van der Waals surface area contributed by atoms with Gasteiger partial charge in [-0.3, -0.25) is 0 Å². The van der Waals surface area contributed by atoms with Gasteiger partial charge in [-0.25, -0.2) is 0 Å². The number of aromatic nitrogens is 2. The molecular formula is C12H11ClN2O. The monoisotopic (exact) mass is 234 g/mol. The summed E-state index contributed by atoms with van der Waals surface area (Å²) in [5.41, 5.74) is 2.69. The van der Waals surface area contributed by atoms with E-state index in [-0.39, 0.29) is 5.92 Å². The molecule has 0 radical (unpaired) electrons. The number of rotatable bonds is 3. The molecule has 82 valence electrons. The molecule has 1 aromatic heterocycles. The lowest BCUT2D eigenvalue weighted by Crippen LogP contribution is -2.18. The van der Waals surface area contributed by atoms with Gasteiger partial charge in [-0.1, -0.05) is 24.3 Å². The molecule has 0 bridgehead atoms. The van der Waals surface area contributed by atoms with E-state index < -0.39 is 0 Å². The zero-order valence-corrected chi connectivity index (χ0v) is 9.44. The maximum atomic E-state index is 5.63. The summed E-state index contributed by atoms with van der Waals surface area (Å²) >= 11 is 5.63. The van der Waals surface area contributed by atoms with Crippen LogP contribution in [0.1, 0.15) is 28.8 Å². The van der Waals surface area contributed by atoms with E-state index in [0.717, 1.165) is 12.3 Å². The van der Waals surface area contributed by atoms with Gasteiger partial charge in [0, 0.05) is 12.3 Å². The third-order valence-electron chi connectivity index (χ3n) is 2.94. The SMILES string of the molecule is ClCCc1nnc(C2Cc3ccccc32)o1. The number of benzene rings is 1. The Kier molecular flexibility index (Phi) is 2.40. The van der Waals surface area contributed by atoms with E-state index in [0.29, 0.717) is 18.2 Å². The minimum absolute atomic E-state index is 0.285. The van der Waals surface area contributed by atoms with Crippen LogP contribution in [0.25, 0.3) is 0 Å². The second-order valence-corrected chi connectivity index (χ2v) is 4.31. The van der Waals surface area contributed by atoms with Crippen molar-refractivity contribution in [1.29, 1.82) is 0 Å². The molecule has 1 atom stereocenters. The van der Waals surface area contributed by atoms with Crippen LogP contribution in [0.5, 0.6) is 0 Å². The van der Waals surface area contributed by atoms with E-state index in [1.165, 1.54) is 11.1 Å². The Bertz CT molecular complexity index is 509. The van der Waals surface area contributed by atoms with Gasteiger partial charge in [0.1, 0.15) is 0 Å². The van der Waals surface area contributed by atoms with Gasteiger partial charge in [0.15, 0.2) is 0 Å². The molecule has 4 heteroatoms. The fraction of sp³-hybridized carbons (Fsp3) is 0.333. The second kappa shape index (κ2) is 3.91. The molecule has 0 saturated carbocycles. The van der Waals surface area contributed by atoms with Crippen LogP contribution in [0, 0.1) is 0 Å². The summed E-state index contributed by atoms with van der Waals surface area (Å²) in [5, 5.41) is 8.06. The molecule has 1 unspecified atom stereocenters. The summed E-state index contributed by atoms with van der Waals surface area (Å²) in [6.07, 6.45) is 1.64. The number of aryl methyl sites for hydroxylation is 1. The van der Waals surface area contributed by atoms with Gasteiger partial charge in [0.25, 0.3) is 0 Å². The van der Waals surface area contributed by atoms with Crippen LogP contribution in [0.2, 0.25) is 0 Å². The fourth-order valence-electron chi connectivity index (χ4n) is 2.07. The molecule has 0 amide bonds. The Hall–Kier alpha value is -1.35. The topological polar surface area (TPSA) is 38.9 Å². The van der Waals surface area contributed by atoms with Crippen LogP contribution in [-0.4, -0.2) is 16.1 Å². The summed E-state index contributed by atoms with van der Waals surface area (Å²) in [7, 11) is 0. The van der Waals surface area contributed by atoms with Gasteiger partial charge in [-0.2, -0.15) is 0 Å². The fourth-order valence-corrected chi connectivity index (χ4v) is 2.23.